The van der Waals surface area contributed by atoms with E-state index in [1.165, 1.54) is 6.33 Å². The summed E-state index contributed by atoms with van der Waals surface area (Å²) in [6.07, 6.45) is 3.46. The highest BCUT2D eigenvalue weighted by Crippen LogP contribution is 2.18. The number of aromatic nitrogens is 4. The third-order valence-electron chi connectivity index (χ3n) is 3.57. The summed E-state index contributed by atoms with van der Waals surface area (Å²) in [4.78, 5) is 24.4. The number of anilines is 1. The lowest BCUT2D eigenvalue weighted by Crippen LogP contribution is -2.09. The predicted molar refractivity (Wildman–Crippen MR) is 90.3 cm³/mol. The Morgan fingerprint density at radius 2 is 2.04 bits per heavy atom. The molecule has 0 radical (unpaired) electrons. The summed E-state index contributed by atoms with van der Waals surface area (Å²) in [5, 5.41) is 3.28. The molecule has 0 unspecified atom stereocenters. The van der Waals surface area contributed by atoms with E-state index in [0.717, 1.165) is 5.56 Å². The molecule has 0 amide bonds. The molecule has 0 saturated heterocycles. The predicted octanol–water partition coefficient (Wildman–Crippen LogP) is 2.39. The fraction of sp³-hybridized carbons (Fsp3) is 0.294. The van der Waals surface area contributed by atoms with E-state index in [9.17, 15) is 4.79 Å². The second-order valence-corrected chi connectivity index (χ2v) is 5.23. The zero-order valence-electron chi connectivity index (χ0n) is 13.5. The summed E-state index contributed by atoms with van der Waals surface area (Å²) in [5.74, 6) is 0.453. The number of imidazole rings is 1. The zero-order chi connectivity index (χ0) is 16.8. The van der Waals surface area contributed by atoms with Gasteiger partial charge in [0.05, 0.1) is 19.4 Å². The molecule has 124 valence electrons. The van der Waals surface area contributed by atoms with Crippen molar-refractivity contribution in [2.24, 2.45) is 0 Å². The van der Waals surface area contributed by atoms with Crippen LogP contribution >= 0.6 is 0 Å². The number of benzene rings is 1. The lowest BCUT2D eigenvalue weighted by atomic mass is 10.2. The average Bonchev–Trinajstić information content (AvgIpc) is 3.03. The smallest absolute Gasteiger partial charge is 0.307 e. The number of hydrogen-bond donors (Lipinski definition) is 1. The van der Waals surface area contributed by atoms with E-state index in [4.69, 9.17) is 4.74 Å². The molecule has 24 heavy (non-hydrogen) atoms. The number of fused-ring (bicyclic) bond motifs is 1. The van der Waals surface area contributed by atoms with Crippen LogP contribution in [-0.2, 0) is 22.6 Å². The minimum absolute atomic E-state index is 0.226. The van der Waals surface area contributed by atoms with Crippen molar-refractivity contribution in [3.05, 3.63) is 48.5 Å². The fourth-order valence-electron chi connectivity index (χ4n) is 2.40. The van der Waals surface area contributed by atoms with E-state index in [1.54, 1.807) is 13.3 Å². The van der Waals surface area contributed by atoms with Gasteiger partial charge in [-0.25, -0.2) is 15.0 Å². The molecule has 0 spiro atoms. The van der Waals surface area contributed by atoms with Crippen molar-refractivity contribution in [3.63, 3.8) is 0 Å². The summed E-state index contributed by atoms with van der Waals surface area (Å²) in [5.41, 5.74) is 2.55. The van der Waals surface area contributed by atoms with E-state index >= 15 is 0 Å². The maximum atomic E-state index is 11.5. The first kappa shape index (κ1) is 15.9. The molecule has 0 atom stereocenters. The molecule has 1 aromatic carbocycles. The maximum absolute atomic E-state index is 11.5. The lowest BCUT2D eigenvalue weighted by molar-refractivity contribution is -0.143. The molecule has 0 aliphatic carbocycles. The molecule has 3 rings (SSSR count). The Morgan fingerprint density at radius 1 is 1.21 bits per heavy atom. The zero-order valence-corrected chi connectivity index (χ0v) is 13.5. The van der Waals surface area contributed by atoms with E-state index < -0.39 is 0 Å². The third kappa shape index (κ3) is 3.68. The standard InChI is InChI=1S/C17H19N5O2/c1-2-24-14(23)8-9-22-12-21-15-16(19-11-20-17(15)22)18-10-13-6-4-3-5-7-13/h3-7,11-12H,2,8-10H2,1H3,(H,18,19,20). The number of carbonyl (C=O) groups excluding carboxylic acids is 1. The number of carbonyl (C=O) groups is 1. The van der Waals surface area contributed by atoms with Crippen LogP contribution in [0.1, 0.15) is 18.9 Å². The summed E-state index contributed by atoms with van der Waals surface area (Å²) in [7, 11) is 0. The molecule has 7 heteroatoms. The van der Waals surface area contributed by atoms with Crippen molar-refractivity contribution in [2.45, 2.75) is 26.4 Å². The van der Waals surface area contributed by atoms with E-state index in [1.807, 2.05) is 34.9 Å². The highest BCUT2D eigenvalue weighted by Gasteiger charge is 2.11. The summed E-state index contributed by atoms with van der Waals surface area (Å²) >= 11 is 0. The number of ether oxygens (including phenoxy) is 1. The van der Waals surface area contributed by atoms with Gasteiger partial charge in [0.2, 0.25) is 0 Å². The van der Waals surface area contributed by atoms with Crippen molar-refractivity contribution in [2.75, 3.05) is 11.9 Å². The molecule has 2 aromatic heterocycles. The summed E-state index contributed by atoms with van der Waals surface area (Å²) in [6.45, 7) is 3.31. The Morgan fingerprint density at radius 3 is 2.83 bits per heavy atom. The van der Waals surface area contributed by atoms with Gasteiger partial charge >= 0.3 is 5.97 Å². The van der Waals surface area contributed by atoms with Crippen LogP contribution in [0.4, 0.5) is 5.82 Å². The van der Waals surface area contributed by atoms with Crippen LogP contribution < -0.4 is 5.32 Å². The maximum Gasteiger partial charge on any atom is 0.307 e. The third-order valence-corrected chi connectivity index (χ3v) is 3.57. The van der Waals surface area contributed by atoms with Crippen molar-refractivity contribution in [1.82, 2.24) is 19.5 Å². The van der Waals surface area contributed by atoms with E-state index in [2.05, 4.69) is 20.3 Å². The van der Waals surface area contributed by atoms with Crippen molar-refractivity contribution in [3.8, 4) is 0 Å². The van der Waals surface area contributed by atoms with Gasteiger partial charge in [0.15, 0.2) is 11.5 Å². The quantitative estimate of drug-likeness (QED) is 0.672. The van der Waals surface area contributed by atoms with Gasteiger partial charge < -0.3 is 14.6 Å². The van der Waals surface area contributed by atoms with Crippen molar-refractivity contribution >= 4 is 23.0 Å². The number of aryl methyl sites for hydroxylation is 1. The monoisotopic (exact) mass is 325 g/mol. The van der Waals surface area contributed by atoms with Crippen molar-refractivity contribution < 1.29 is 9.53 Å². The van der Waals surface area contributed by atoms with Gasteiger partial charge in [0, 0.05) is 13.1 Å². The molecule has 2 heterocycles. The Labute approximate surface area is 139 Å². The normalized spacial score (nSPS) is 10.7. The number of nitrogens with zero attached hydrogens (tertiary/aromatic N) is 4. The van der Waals surface area contributed by atoms with E-state index in [0.29, 0.717) is 36.7 Å². The first-order valence-corrected chi connectivity index (χ1v) is 7.87. The van der Waals surface area contributed by atoms with Gasteiger partial charge in [-0.1, -0.05) is 30.3 Å². The minimum atomic E-state index is -0.226. The highest BCUT2D eigenvalue weighted by molar-refractivity contribution is 5.82. The molecule has 0 aliphatic rings. The fourth-order valence-corrected chi connectivity index (χ4v) is 2.40. The van der Waals surface area contributed by atoms with Crippen LogP contribution in [0, 0.1) is 0 Å². The Kier molecular flexibility index (Phi) is 5.00. The largest absolute Gasteiger partial charge is 0.466 e. The first-order chi connectivity index (χ1) is 11.8. The molecule has 0 fully saturated rings. The lowest BCUT2D eigenvalue weighted by Gasteiger charge is -2.07. The second-order valence-electron chi connectivity index (χ2n) is 5.23. The SMILES string of the molecule is CCOC(=O)CCn1cnc2c(NCc3ccccc3)ncnc21. The van der Waals surface area contributed by atoms with Crippen LogP contribution in [0.15, 0.2) is 43.0 Å². The van der Waals surface area contributed by atoms with Crippen molar-refractivity contribution in [1.29, 1.82) is 0 Å². The average molecular weight is 325 g/mol. The van der Waals surface area contributed by atoms with Crippen LogP contribution in [-0.4, -0.2) is 32.1 Å². The van der Waals surface area contributed by atoms with E-state index in [-0.39, 0.29) is 12.4 Å². The Hall–Kier alpha value is -2.96. The van der Waals surface area contributed by atoms with Gasteiger partial charge in [0.1, 0.15) is 11.8 Å². The number of hydrogen-bond acceptors (Lipinski definition) is 6. The minimum Gasteiger partial charge on any atom is -0.466 e. The van der Waals surface area contributed by atoms with Gasteiger partial charge in [-0.2, -0.15) is 0 Å². The molecular weight excluding hydrogens is 306 g/mol. The van der Waals surface area contributed by atoms with Gasteiger partial charge in [-0.15, -0.1) is 0 Å². The highest BCUT2D eigenvalue weighted by atomic mass is 16.5. The topological polar surface area (TPSA) is 81.9 Å². The van der Waals surface area contributed by atoms with Gasteiger partial charge in [0.25, 0.3) is 0 Å². The number of esters is 1. The molecule has 7 nitrogen and oxygen atoms in total. The summed E-state index contributed by atoms with van der Waals surface area (Å²) < 4.78 is 6.78. The molecule has 0 saturated carbocycles. The molecule has 0 aliphatic heterocycles. The van der Waals surface area contributed by atoms with Crippen LogP contribution in [0.3, 0.4) is 0 Å². The van der Waals surface area contributed by atoms with Gasteiger partial charge in [-0.3, -0.25) is 4.79 Å². The molecule has 3 aromatic rings. The van der Waals surface area contributed by atoms with Crippen LogP contribution in [0.5, 0.6) is 0 Å². The molecule has 0 bridgehead atoms. The number of rotatable bonds is 7. The molecule has 1 N–H and O–H groups in total. The number of nitrogens with one attached hydrogen (secondary N) is 1. The summed E-state index contributed by atoms with van der Waals surface area (Å²) in [6, 6.07) is 10.1. The molecular formula is C17H19N5O2. The first-order valence-electron chi connectivity index (χ1n) is 7.87. The Balaban J connectivity index is 1.72. The second kappa shape index (κ2) is 7.54. The van der Waals surface area contributed by atoms with Crippen LogP contribution in [0.25, 0.3) is 11.2 Å². The Bertz CT molecular complexity index is 816. The van der Waals surface area contributed by atoms with Gasteiger partial charge in [-0.05, 0) is 12.5 Å². The van der Waals surface area contributed by atoms with Crippen LogP contribution in [0.2, 0.25) is 0 Å².